The monoisotopic (exact) mass is 314 g/mol. The first kappa shape index (κ1) is 17.0. The van der Waals surface area contributed by atoms with Crippen molar-refractivity contribution in [1.82, 2.24) is 0 Å². The van der Waals surface area contributed by atoms with Crippen molar-refractivity contribution in [3.63, 3.8) is 0 Å². The normalized spacial score (nSPS) is 13.3. The van der Waals surface area contributed by atoms with Crippen LogP contribution in [-0.4, -0.2) is 24.5 Å². The van der Waals surface area contributed by atoms with Crippen LogP contribution in [0.5, 0.6) is 5.75 Å². The topological polar surface area (TPSA) is 55.8 Å². The zero-order valence-corrected chi connectivity index (χ0v) is 13.5. The zero-order chi connectivity index (χ0) is 16.7. The zero-order valence-electron chi connectivity index (χ0n) is 13.5. The third kappa shape index (κ3) is 4.11. The van der Waals surface area contributed by atoms with Gasteiger partial charge in [-0.2, -0.15) is 0 Å². The van der Waals surface area contributed by atoms with Gasteiger partial charge in [-0.15, -0.1) is 0 Å². The first-order valence-corrected chi connectivity index (χ1v) is 7.71. The Labute approximate surface area is 136 Å². The molecule has 1 N–H and O–H groups in total. The van der Waals surface area contributed by atoms with Crippen molar-refractivity contribution in [2.45, 2.75) is 25.7 Å². The van der Waals surface area contributed by atoms with Gasteiger partial charge in [0.2, 0.25) is 0 Å². The molecule has 0 fully saturated rings. The molecule has 0 spiro atoms. The van der Waals surface area contributed by atoms with E-state index in [1.807, 2.05) is 49.4 Å². The molecule has 0 aliphatic carbocycles. The van der Waals surface area contributed by atoms with E-state index in [0.717, 1.165) is 17.5 Å². The highest BCUT2D eigenvalue weighted by molar-refractivity contribution is 5.63. The van der Waals surface area contributed by atoms with Crippen LogP contribution in [0.2, 0.25) is 0 Å². The van der Waals surface area contributed by atoms with Gasteiger partial charge >= 0.3 is 6.16 Å². The summed E-state index contributed by atoms with van der Waals surface area (Å²) in [5.41, 5.74) is 1.35. The van der Waals surface area contributed by atoms with E-state index in [0.29, 0.717) is 19.0 Å². The summed E-state index contributed by atoms with van der Waals surface area (Å²) in [6.07, 6.45) is -0.389. The van der Waals surface area contributed by atoms with Gasteiger partial charge < -0.3 is 14.6 Å². The third-order valence-electron chi connectivity index (χ3n) is 3.83. The van der Waals surface area contributed by atoms with E-state index in [4.69, 9.17) is 14.6 Å². The number of carbonyl (C=O) groups is 1. The van der Waals surface area contributed by atoms with Gasteiger partial charge in [-0.25, -0.2) is 4.79 Å². The largest absolute Gasteiger partial charge is 0.511 e. The second-order valence-corrected chi connectivity index (χ2v) is 5.61. The fourth-order valence-electron chi connectivity index (χ4n) is 2.65. The predicted molar refractivity (Wildman–Crippen MR) is 89.1 cm³/mol. The molecule has 0 heterocycles. The van der Waals surface area contributed by atoms with E-state index in [2.05, 4.69) is 6.92 Å². The highest BCUT2D eigenvalue weighted by Crippen LogP contribution is 2.38. The van der Waals surface area contributed by atoms with Gasteiger partial charge in [-0.1, -0.05) is 55.5 Å². The molecule has 0 amide bonds. The maximum absolute atomic E-state index is 11.0. The number of hydrogen-bond acceptors (Lipinski definition) is 3. The first-order chi connectivity index (χ1) is 11.1. The van der Waals surface area contributed by atoms with Gasteiger partial charge in [-0.3, -0.25) is 0 Å². The summed E-state index contributed by atoms with van der Waals surface area (Å²) >= 11 is 0. The molecule has 2 rings (SSSR count). The number of para-hydroxylation sites is 1. The van der Waals surface area contributed by atoms with Crippen molar-refractivity contribution in [3.05, 3.63) is 65.7 Å². The number of benzene rings is 2. The van der Waals surface area contributed by atoms with Crippen LogP contribution in [-0.2, 0) is 10.2 Å². The van der Waals surface area contributed by atoms with E-state index >= 15 is 0 Å². The summed E-state index contributed by atoms with van der Waals surface area (Å²) in [5, 5.41) is 8.99. The highest BCUT2D eigenvalue weighted by Gasteiger charge is 2.32. The highest BCUT2D eigenvalue weighted by atomic mass is 16.7. The first-order valence-electron chi connectivity index (χ1n) is 7.71. The summed E-state index contributed by atoms with van der Waals surface area (Å²) in [6.45, 7) is 5.21. The quantitative estimate of drug-likeness (QED) is 0.465. The molecule has 0 aromatic heterocycles. The van der Waals surface area contributed by atoms with Crippen LogP contribution >= 0.6 is 0 Å². The second kappa shape index (κ2) is 7.79. The number of carboxylic acid groups (broad SMARTS) is 1. The Hall–Kier alpha value is -2.33. The Kier molecular flexibility index (Phi) is 5.77. The van der Waals surface area contributed by atoms with Crippen molar-refractivity contribution >= 4 is 6.16 Å². The molecule has 4 nitrogen and oxygen atoms in total. The van der Waals surface area contributed by atoms with Gasteiger partial charge in [0.25, 0.3) is 0 Å². The van der Waals surface area contributed by atoms with E-state index in [1.54, 1.807) is 12.1 Å². The Morgan fingerprint density at radius 1 is 1.09 bits per heavy atom. The van der Waals surface area contributed by atoms with Crippen LogP contribution in [0, 0.1) is 0 Å². The Bertz CT molecular complexity index is 639. The molecule has 1 atom stereocenters. The van der Waals surface area contributed by atoms with E-state index in [1.165, 1.54) is 0 Å². The minimum absolute atomic E-state index is 0.339. The van der Waals surface area contributed by atoms with E-state index in [-0.39, 0.29) is 0 Å². The summed E-state index contributed by atoms with van der Waals surface area (Å²) in [5.74, 6) is 0.339. The standard InChI is InChI=1S/C19H22O4/c1-3-13-22-14-19(2,15-9-5-4-6-10-15)16-11-7-8-12-17(16)23-18(20)21/h4-12H,3,13-14H2,1-2H3,(H,20,21). The molecule has 0 bridgehead atoms. The Balaban J connectivity index is 2.47. The molecule has 4 heteroatoms. The second-order valence-electron chi connectivity index (χ2n) is 5.61. The lowest BCUT2D eigenvalue weighted by Gasteiger charge is -2.31. The molecule has 0 aliphatic heterocycles. The van der Waals surface area contributed by atoms with Gasteiger partial charge in [0.15, 0.2) is 0 Å². The van der Waals surface area contributed by atoms with Gasteiger partial charge in [0.1, 0.15) is 5.75 Å². The van der Waals surface area contributed by atoms with Gasteiger partial charge in [0.05, 0.1) is 6.61 Å². The van der Waals surface area contributed by atoms with Gasteiger partial charge in [0, 0.05) is 17.6 Å². The third-order valence-corrected chi connectivity index (χ3v) is 3.83. The van der Waals surface area contributed by atoms with E-state index in [9.17, 15) is 4.79 Å². The summed E-state index contributed by atoms with van der Waals surface area (Å²) < 4.78 is 10.8. The lowest BCUT2D eigenvalue weighted by molar-refractivity contribution is 0.1000. The lowest BCUT2D eigenvalue weighted by Crippen LogP contribution is -2.31. The van der Waals surface area contributed by atoms with Crippen molar-refractivity contribution in [1.29, 1.82) is 0 Å². The molecule has 0 saturated carbocycles. The molecule has 0 aliphatic rings. The maximum Gasteiger partial charge on any atom is 0.511 e. The Morgan fingerprint density at radius 2 is 1.74 bits per heavy atom. The van der Waals surface area contributed by atoms with Gasteiger partial charge in [-0.05, 0) is 25.0 Å². The molecule has 0 radical (unpaired) electrons. The van der Waals surface area contributed by atoms with Crippen molar-refractivity contribution in [2.24, 2.45) is 0 Å². The summed E-state index contributed by atoms with van der Waals surface area (Å²) in [7, 11) is 0. The molecule has 122 valence electrons. The molecule has 1 unspecified atom stereocenters. The molecule has 0 saturated heterocycles. The SMILES string of the molecule is CCCOCC(C)(c1ccccc1)c1ccccc1OC(=O)O. The van der Waals surface area contributed by atoms with Crippen LogP contribution in [0.25, 0.3) is 0 Å². The van der Waals surface area contributed by atoms with Crippen LogP contribution in [0.1, 0.15) is 31.4 Å². The fourth-order valence-corrected chi connectivity index (χ4v) is 2.65. The molecule has 2 aromatic carbocycles. The lowest BCUT2D eigenvalue weighted by atomic mass is 9.76. The van der Waals surface area contributed by atoms with Crippen molar-refractivity contribution < 1.29 is 19.4 Å². The maximum atomic E-state index is 11.0. The summed E-state index contributed by atoms with van der Waals surface area (Å²) in [4.78, 5) is 11.0. The minimum Gasteiger partial charge on any atom is -0.449 e. The minimum atomic E-state index is -1.32. The van der Waals surface area contributed by atoms with Crippen LogP contribution in [0.3, 0.4) is 0 Å². The average molecular weight is 314 g/mol. The Morgan fingerprint density at radius 3 is 2.39 bits per heavy atom. The number of rotatable bonds is 7. The average Bonchev–Trinajstić information content (AvgIpc) is 2.56. The molecular formula is C19H22O4. The number of hydrogen-bond donors (Lipinski definition) is 1. The van der Waals surface area contributed by atoms with Crippen LogP contribution in [0.4, 0.5) is 4.79 Å². The number of ether oxygens (including phenoxy) is 2. The van der Waals surface area contributed by atoms with Crippen molar-refractivity contribution in [2.75, 3.05) is 13.2 Å². The van der Waals surface area contributed by atoms with E-state index < -0.39 is 11.6 Å². The predicted octanol–water partition coefficient (Wildman–Crippen LogP) is 4.48. The molecule has 2 aromatic rings. The molecular weight excluding hydrogens is 292 g/mol. The fraction of sp³-hybridized carbons (Fsp3) is 0.316. The van der Waals surface area contributed by atoms with Crippen LogP contribution < -0.4 is 4.74 Å². The van der Waals surface area contributed by atoms with Crippen LogP contribution in [0.15, 0.2) is 54.6 Å². The molecule has 23 heavy (non-hydrogen) atoms. The smallest absolute Gasteiger partial charge is 0.449 e. The summed E-state index contributed by atoms with van der Waals surface area (Å²) in [6, 6.07) is 17.1. The van der Waals surface area contributed by atoms with Crippen molar-refractivity contribution in [3.8, 4) is 5.75 Å².